The number of hydrogen-bond acceptors (Lipinski definition) is 7. The van der Waals surface area contributed by atoms with Gasteiger partial charge in [0.1, 0.15) is 5.82 Å². The van der Waals surface area contributed by atoms with E-state index in [1.165, 1.54) is 36.4 Å². The Bertz CT molecular complexity index is 1380. The molecule has 1 N–H and O–H groups in total. The first-order valence-electron chi connectivity index (χ1n) is 10.9. The lowest BCUT2D eigenvalue weighted by atomic mass is 9.97. The summed E-state index contributed by atoms with van der Waals surface area (Å²) in [7, 11) is -4.38. The van der Waals surface area contributed by atoms with E-state index in [0.717, 1.165) is 12.5 Å². The van der Waals surface area contributed by atoms with E-state index in [1.54, 1.807) is 12.3 Å². The van der Waals surface area contributed by atoms with Crippen LogP contribution in [0.5, 0.6) is 11.6 Å². The number of pyridine rings is 2. The predicted octanol–water partition coefficient (Wildman–Crippen LogP) is 4.80. The molecule has 35 heavy (non-hydrogen) atoms. The summed E-state index contributed by atoms with van der Waals surface area (Å²) in [6, 6.07) is 10.7. The van der Waals surface area contributed by atoms with Crippen molar-refractivity contribution in [2.75, 3.05) is 11.4 Å². The highest BCUT2D eigenvalue weighted by molar-refractivity contribution is 7.90. The van der Waals surface area contributed by atoms with Crippen LogP contribution in [0.15, 0.2) is 59.8 Å². The van der Waals surface area contributed by atoms with Gasteiger partial charge in [-0.05, 0) is 56.5 Å². The largest absolute Gasteiger partial charge is 0.436 e. The molecule has 0 aliphatic carbocycles. The Hall–Kier alpha value is -3.24. The van der Waals surface area contributed by atoms with E-state index in [-0.39, 0.29) is 27.8 Å². The van der Waals surface area contributed by atoms with Gasteiger partial charge in [0.25, 0.3) is 15.9 Å². The zero-order valence-electron chi connectivity index (χ0n) is 19.3. The topological polar surface area (TPSA) is 101 Å². The van der Waals surface area contributed by atoms with Gasteiger partial charge < -0.3 is 9.64 Å². The molecule has 0 bridgehead atoms. The van der Waals surface area contributed by atoms with Gasteiger partial charge >= 0.3 is 0 Å². The number of hydrogen-bond donors (Lipinski definition) is 1. The molecule has 8 nitrogen and oxygen atoms in total. The smallest absolute Gasteiger partial charge is 0.281 e. The van der Waals surface area contributed by atoms with Crippen molar-refractivity contribution in [3.63, 3.8) is 0 Å². The molecular formula is C24H24ClFN4O4S. The fourth-order valence-electron chi connectivity index (χ4n) is 4.25. The first-order valence-corrected chi connectivity index (χ1v) is 12.7. The Morgan fingerprint density at radius 1 is 1.23 bits per heavy atom. The maximum absolute atomic E-state index is 14.0. The second-order valence-electron chi connectivity index (χ2n) is 9.03. The third kappa shape index (κ3) is 5.38. The van der Waals surface area contributed by atoms with Gasteiger partial charge in [-0.1, -0.05) is 24.6 Å². The number of amides is 1. The first-order chi connectivity index (χ1) is 16.5. The highest BCUT2D eigenvalue weighted by Crippen LogP contribution is 2.37. The van der Waals surface area contributed by atoms with Crippen molar-refractivity contribution >= 4 is 33.3 Å². The molecule has 1 aliphatic rings. The second kappa shape index (κ2) is 9.43. The first kappa shape index (κ1) is 24.9. The maximum atomic E-state index is 14.0. The van der Waals surface area contributed by atoms with Crippen molar-refractivity contribution in [1.29, 1.82) is 0 Å². The summed E-state index contributed by atoms with van der Waals surface area (Å²) in [6.07, 6.45) is 2.48. The molecule has 0 saturated carbocycles. The van der Waals surface area contributed by atoms with Crippen molar-refractivity contribution in [1.82, 2.24) is 14.7 Å². The molecule has 11 heteroatoms. The van der Waals surface area contributed by atoms with Crippen LogP contribution in [0.2, 0.25) is 5.02 Å². The minimum absolute atomic E-state index is 0.131. The molecular weight excluding hydrogens is 495 g/mol. The number of ether oxygens (including phenoxy) is 1. The Labute approximate surface area is 208 Å². The summed E-state index contributed by atoms with van der Waals surface area (Å²) in [5.74, 6) is -1.13. The average Bonchev–Trinajstić information content (AvgIpc) is 3.08. The van der Waals surface area contributed by atoms with E-state index in [4.69, 9.17) is 16.3 Å². The molecule has 1 unspecified atom stereocenters. The van der Waals surface area contributed by atoms with Crippen LogP contribution in [0.25, 0.3) is 0 Å². The zero-order chi connectivity index (χ0) is 25.4. The van der Waals surface area contributed by atoms with E-state index in [9.17, 15) is 17.6 Å². The van der Waals surface area contributed by atoms with Crippen LogP contribution in [-0.2, 0) is 10.0 Å². The lowest BCUT2D eigenvalue weighted by Crippen LogP contribution is -2.41. The van der Waals surface area contributed by atoms with E-state index in [0.29, 0.717) is 18.3 Å². The number of nitrogens with one attached hydrogen (secondary N) is 1. The van der Waals surface area contributed by atoms with Gasteiger partial charge in [-0.2, -0.15) is 13.4 Å². The van der Waals surface area contributed by atoms with Crippen molar-refractivity contribution < 1.29 is 22.3 Å². The summed E-state index contributed by atoms with van der Waals surface area (Å²) in [5.41, 5.74) is -0.114. The molecule has 3 aromatic rings. The van der Waals surface area contributed by atoms with Crippen LogP contribution in [0.4, 0.5) is 10.2 Å². The number of carbonyl (C=O) groups excluding carboxylic acids is 1. The number of benzene rings is 1. The zero-order valence-corrected chi connectivity index (χ0v) is 20.9. The second-order valence-corrected chi connectivity index (χ2v) is 11.1. The summed E-state index contributed by atoms with van der Waals surface area (Å²) in [6.45, 7) is 6.92. The van der Waals surface area contributed by atoms with Crippen LogP contribution < -0.4 is 14.4 Å². The van der Waals surface area contributed by atoms with E-state index < -0.39 is 26.8 Å². The van der Waals surface area contributed by atoms with Crippen LogP contribution in [-0.4, -0.2) is 36.4 Å². The molecule has 2 aromatic heterocycles. The van der Waals surface area contributed by atoms with E-state index in [2.05, 4.69) is 35.5 Å². The molecule has 1 fully saturated rings. The van der Waals surface area contributed by atoms with Gasteiger partial charge in [-0.15, -0.1) is 0 Å². The number of aromatic nitrogens is 2. The lowest BCUT2D eigenvalue weighted by Gasteiger charge is -2.33. The molecule has 1 atom stereocenters. The Kier molecular flexibility index (Phi) is 6.70. The van der Waals surface area contributed by atoms with Gasteiger partial charge in [0.05, 0.1) is 5.56 Å². The Morgan fingerprint density at radius 2 is 2.00 bits per heavy atom. The van der Waals surface area contributed by atoms with Crippen molar-refractivity contribution in [3.8, 4) is 11.6 Å². The standard InChI is InChI=1S/C24H24ClFN4O4S/c1-15-13-24(2,3)30(14-15)22-17(6-5-11-27-22)23(31)29-35(32,33)21-8-4-7-20(28-21)34-19-12-16(25)9-10-18(19)26/h4-12,15H,13-14H2,1-3H3,(H,29,31). The van der Waals surface area contributed by atoms with Crippen LogP contribution in [0, 0.1) is 11.7 Å². The van der Waals surface area contributed by atoms with Gasteiger partial charge in [0, 0.05) is 35.4 Å². The number of nitrogens with zero attached hydrogens (tertiary/aromatic N) is 3. The lowest BCUT2D eigenvalue weighted by molar-refractivity contribution is 0.0981. The van der Waals surface area contributed by atoms with Gasteiger partial charge in [0.15, 0.2) is 16.6 Å². The average molecular weight is 519 g/mol. The van der Waals surface area contributed by atoms with Gasteiger partial charge in [-0.25, -0.2) is 14.1 Å². The Balaban J connectivity index is 1.59. The summed E-state index contributed by atoms with van der Waals surface area (Å²) in [4.78, 5) is 23.4. The molecule has 0 radical (unpaired) electrons. The van der Waals surface area contributed by atoms with Crippen LogP contribution in [0.3, 0.4) is 0 Å². The fraction of sp³-hybridized carbons (Fsp3) is 0.292. The van der Waals surface area contributed by atoms with Crippen molar-refractivity contribution in [2.24, 2.45) is 5.92 Å². The summed E-state index contributed by atoms with van der Waals surface area (Å²) >= 11 is 5.87. The molecule has 1 saturated heterocycles. The molecule has 184 valence electrons. The van der Waals surface area contributed by atoms with Gasteiger partial charge in [0.2, 0.25) is 5.88 Å². The molecule has 1 aliphatic heterocycles. The molecule has 0 spiro atoms. The fourth-order valence-corrected chi connectivity index (χ4v) is 5.34. The quantitative estimate of drug-likeness (QED) is 0.500. The highest BCUT2D eigenvalue weighted by atomic mass is 35.5. The van der Waals surface area contributed by atoms with Crippen molar-refractivity contribution in [2.45, 2.75) is 37.8 Å². The normalized spacial score (nSPS) is 17.3. The number of sulfonamides is 1. The number of rotatable bonds is 6. The minimum Gasteiger partial charge on any atom is -0.436 e. The summed E-state index contributed by atoms with van der Waals surface area (Å²) < 4.78 is 47.4. The van der Waals surface area contributed by atoms with Crippen molar-refractivity contribution in [3.05, 3.63) is 71.1 Å². The summed E-state index contributed by atoms with van der Waals surface area (Å²) in [5, 5.41) is -0.230. The molecule has 1 aromatic carbocycles. The van der Waals surface area contributed by atoms with E-state index in [1.807, 2.05) is 4.90 Å². The van der Waals surface area contributed by atoms with Crippen LogP contribution in [0.1, 0.15) is 37.6 Å². The molecule has 1 amide bonds. The number of anilines is 1. The molecule has 3 heterocycles. The maximum Gasteiger partial charge on any atom is 0.281 e. The third-order valence-corrected chi connectivity index (χ3v) is 7.14. The highest BCUT2D eigenvalue weighted by Gasteiger charge is 2.39. The SMILES string of the molecule is CC1CN(c2ncccc2C(=O)NS(=O)(=O)c2cccc(Oc3cc(Cl)ccc3F)n2)C(C)(C)C1. The monoisotopic (exact) mass is 518 g/mol. The number of carbonyl (C=O) groups is 1. The Morgan fingerprint density at radius 3 is 2.71 bits per heavy atom. The van der Waals surface area contributed by atoms with E-state index >= 15 is 0 Å². The van der Waals surface area contributed by atoms with Crippen LogP contribution >= 0.6 is 11.6 Å². The molecule has 4 rings (SSSR count). The third-order valence-electron chi connectivity index (χ3n) is 5.67. The predicted molar refractivity (Wildman–Crippen MR) is 130 cm³/mol. The number of halogens is 2. The minimum atomic E-state index is -4.38. The van der Waals surface area contributed by atoms with Gasteiger partial charge in [-0.3, -0.25) is 4.79 Å².